The number of aryl methyl sites for hydroxylation is 2. The third-order valence-electron chi connectivity index (χ3n) is 12.7. The van der Waals surface area contributed by atoms with E-state index in [1.54, 1.807) is 30.3 Å². The van der Waals surface area contributed by atoms with Gasteiger partial charge in [-0.1, -0.05) is 24.3 Å². The summed E-state index contributed by atoms with van der Waals surface area (Å²) in [5, 5.41) is 10.9. The number of aromatic nitrogens is 4. The fourth-order valence-electron chi connectivity index (χ4n) is 8.90. The number of carbonyl (C=O) groups is 4. The van der Waals surface area contributed by atoms with Gasteiger partial charge in [-0.25, -0.2) is 51.9 Å². The van der Waals surface area contributed by atoms with E-state index in [9.17, 15) is 32.2 Å². The predicted molar refractivity (Wildman–Crippen MR) is 278 cm³/mol. The van der Waals surface area contributed by atoms with Crippen molar-refractivity contribution in [3.8, 4) is 22.5 Å². The number of rotatable bonds is 11. The third-order valence-corrected chi connectivity index (χ3v) is 13.4. The Labute approximate surface area is 433 Å². The molecule has 2 aromatic heterocycles. The molecule has 1 fully saturated rings. The number of hydrogen-bond acceptors (Lipinski definition) is 11. The molecule has 22 heteroatoms. The molecule has 4 N–H and O–H groups in total. The molecule has 1 saturated heterocycles. The molecule has 0 radical (unpaired) electrons. The Bertz CT molecular complexity index is 3250. The van der Waals surface area contributed by atoms with Crippen LogP contribution in [0.25, 0.3) is 22.5 Å². The minimum Gasteiger partial charge on any atom is -0.350 e. The Morgan fingerprint density at radius 1 is 0.680 bits per heavy atom. The van der Waals surface area contributed by atoms with E-state index in [0.29, 0.717) is 63.8 Å². The van der Waals surface area contributed by atoms with Crippen LogP contribution in [0.1, 0.15) is 77.1 Å². The minimum absolute atomic E-state index is 0.0332. The SMILES string of the molecule is Cc1ccc(C(=O)NC(C)C)cc1-c1nc(N2CCC(N(C)C)C2)nc2c1CNC(=O)N2c1c(F)cccc1F.Cc1ccc(C(=O)NC(C)C)cc1-c1nc(S(C)=O)nc2c1CNC(=O)N2c1c(F)cccc1F. The van der Waals surface area contributed by atoms with Crippen LogP contribution in [0.15, 0.2) is 78.0 Å². The summed E-state index contributed by atoms with van der Waals surface area (Å²) in [4.78, 5) is 75.7. The topological polar surface area (TPSA) is 198 Å². The minimum atomic E-state index is -1.68. The van der Waals surface area contributed by atoms with Gasteiger partial charge in [-0.2, -0.15) is 4.98 Å². The summed E-state index contributed by atoms with van der Waals surface area (Å²) in [6.45, 7) is 12.5. The highest BCUT2D eigenvalue weighted by Crippen LogP contribution is 2.42. The zero-order valence-corrected chi connectivity index (χ0v) is 43.6. The summed E-state index contributed by atoms with van der Waals surface area (Å²) in [6, 6.07) is 15.8. The van der Waals surface area contributed by atoms with Crippen LogP contribution in [0.4, 0.5) is 56.1 Å². The molecule has 75 heavy (non-hydrogen) atoms. The Balaban J connectivity index is 0.000000201. The zero-order valence-electron chi connectivity index (χ0n) is 42.7. The van der Waals surface area contributed by atoms with Crippen molar-refractivity contribution < 1.29 is 40.9 Å². The summed E-state index contributed by atoms with van der Waals surface area (Å²) in [5.41, 5.74) is 4.19. The lowest BCUT2D eigenvalue weighted by molar-refractivity contribution is 0.0934. The van der Waals surface area contributed by atoms with E-state index < -0.39 is 57.5 Å². The molecule has 17 nitrogen and oxygen atoms in total. The Morgan fingerprint density at radius 2 is 1.12 bits per heavy atom. The van der Waals surface area contributed by atoms with Gasteiger partial charge >= 0.3 is 12.1 Å². The number of para-hydroxylation sites is 2. The summed E-state index contributed by atoms with van der Waals surface area (Å²) in [7, 11) is 2.34. The van der Waals surface area contributed by atoms with E-state index in [-0.39, 0.29) is 59.8 Å². The van der Waals surface area contributed by atoms with Crippen LogP contribution < -0.4 is 36.0 Å². The molecule has 9 rings (SSSR count). The summed E-state index contributed by atoms with van der Waals surface area (Å²) < 4.78 is 71.8. The fraction of sp³-hybridized carbons (Fsp3) is 0.321. The molecule has 3 aliphatic heterocycles. The molecular formula is C53H56F4N12O5S. The lowest BCUT2D eigenvalue weighted by Crippen LogP contribution is -2.43. The standard InChI is InChI=1S/C29H33F2N7O2.C24H23F2N5O3S/c1-16(2)33-27(39)18-10-9-17(3)20(13-18)24-21-14-32-29(40)38(25-22(30)7-6-8-23(25)31)26(21)35-28(34-24)37-12-11-19(15-37)36(4)5;1-12(2)28-22(32)14-9-8-13(3)15(10-14)19-16-11-27-24(33)31(20-17(25)6-5-7-18(20)26)21(16)30-23(29-19)35(4)34/h6-10,13,16,19H,11-12,14-15H2,1-5H3,(H,32,40)(H,33,39);5-10,12H,11H2,1-4H3,(H,27,33)(H,28,32). The van der Waals surface area contributed by atoms with E-state index in [1.807, 2.05) is 66.6 Å². The van der Waals surface area contributed by atoms with Crippen molar-refractivity contribution >= 4 is 63.6 Å². The molecule has 3 aliphatic rings. The maximum Gasteiger partial charge on any atom is 0.328 e. The van der Waals surface area contributed by atoms with Crippen molar-refractivity contribution in [1.29, 1.82) is 0 Å². The van der Waals surface area contributed by atoms with Crippen LogP contribution >= 0.6 is 0 Å². The van der Waals surface area contributed by atoms with Gasteiger partial charge in [0.15, 0.2) is 11.6 Å². The monoisotopic (exact) mass is 1050 g/mol. The molecule has 392 valence electrons. The molecule has 4 aromatic carbocycles. The third kappa shape index (κ3) is 11.0. The average molecular weight is 1050 g/mol. The lowest BCUT2D eigenvalue weighted by Gasteiger charge is -2.32. The van der Waals surface area contributed by atoms with E-state index >= 15 is 8.78 Å². The van der Waals surface area contributed by atoms with Gasteiger partial charge < -0.3 is 31.1 Å². The van der Waals surface area contributed by atoms with Crippen molar-refractivity contribution in [2.45, 2.75) is 84.3 Å². The van der Waals surface area contributed by atoms with Crippen LogP contribution in [0.5, 0.6) is 0 Å². The molecule has 0 aliphatic carbocycles. The molecule has 6 aromatic rings. The highest BCUT2D eigenvalue weighted by molar-refractivity contribution is 7.84. The van der Waals surface area contributed by atoms with Gasteiger partial charge in [-0.15, -0.1) is 0 Å². The van der Waals surface area contributed by atoms with Crippen molar-refractivity contribution in [3.63, 3.8) is 0 Å². The highest BCUT2D eigenvalue weighted by Gasteiger charge is 2.37. The van der Waals surface area contributed by atoms with Crippen molar-refractivity contribution in [1.82, 2.24) is 46.1 Å². The van der Waals surface area contributed by atoms with E-state index in [2.05, 4.69) is 36.1 Å². The molecule has 5 heterocycles. The zero-order chi connectivity index (χ0) is 54.2. The molecule has 0 saturated carbocycles. The Kier molecular flexibility index (Phi) is 15.6. The molecule has 0 bridgehead atoms. The number of fused-ring (bicyclic) bond motifs is 2. The van der Waals surface area contributed by atoms with Crippen LogP contribution in [0.3, 0.4) is 0 Å². The predicted octanol–water partition coefficient (Wildman–Crippen LogP) is 8.34. The van der Waals surface area contributed by atoms with Crippen LogP contribution in [-0.4, -0.2) is 104 Å². The number of nitrogens with one attached hydrogen (secondary N) is 4. The largest absolute Gasteiger partial charge is 0.350 e. The Morgan fingerprint density at radius 3 is 1.53 bits per heavy atom. The van der Waals surface area contributed by atoms with Crippen molar-refractivity contribution in [3.05, 3.63) is 129 Å². The number of amides is 6. The summed E-state index contributed by atoms with van der Waals surface area (Å²) in [6.07, 6.45) is 2.25. The molecule has 6 amide bonds. The summed E-state index contributed by atoms with van der Waals surface area (Å²) in [5.74, 6) is -3.83. The van der Waals surface area contributed by atoms with Gasteiger partial charge in [0.05, 0.1) is 35.3 Å². The van der Waals surface area contributed by atoms with Gasteiger partial charge in [0, 0.05) is 70.9 Å². The number of benzene rings is 4. The summed E-state index contributed by atoms with van der Waals surface area (Å²) >= 11 is 0. The van der Waals surface area contributed by atoms with Gasteiger partial charge in [-0.3, -0.25) is 13.8 Å². The Hall–Kier alpha value is -7.85. The number of nitrogens with zero attached hydrogens (tertiary/aromatic N) is 8. The highest BCUT2D eigenvalue weighted by atomic mass is 32.2. The molecule has 0 spiro atoms. The van der Waals surface area contributed by atoms with Crippen LogP contribution in [0.2, 0.25) is 0 Å². The number of urea groups is 2. The second-order valence-corrected chi connectivity index (χ2v) is 20.4. The first-order valence-electron chi connectivity index (χ1n) is 24.1. The first kappa shape index (κ1) is 53.4. The molecule has 2 atom stereocenters. The van der Waals surface area contributed by atoms with Crippen LogP contribution in [0, 0.1) is 37.1 Å². The van der Waals surface area contributed by atoms with Crippen LogP contribution in [-0.2, 0) is 23.9 Å². The van der Waals surface area contributed by atoms with Gasteiger partial charge in [0.1, 0.15) is 34.6 Å². The van der Waals surface area contributed by atoms with E-state index in [0.717, 1.165) is 51.6 Å². The van der Waals surface area contributed by atoms with Gasteiger partial charge in [0.25, 0.3) is 11.8 Å². The quantitative estimate of drug-likeness (QED) is 0.0719. The first-order valence-corrected chi connectivity index (χ1v) is 25.6. The number of anilines is 5. The number of likely N-dealkylation sites (N-methyl/N-ethyl adjacent to an activating group) is 1. The normalized spacial score (nSPS) is 15.5. The van der Waals surface area contributed by atoms with E-state index in [4.69, 9.17) is 9.97 Å². The smallest absolute Gasteiger partial charge is 0.328 e. The second kappa shape index (κ2) is 21.9. The fourth-order valence-corrected chi connectivity index (χ4v) is 9.33. The number of halogens is 4. The van der Waals surface area contributed by atoms with Gasteiger partial charge in [-0.05, 0) is 122 Å². The second-order valence-electron chi connectivity index (χ2n) is 19.1. The first-order chi connectivity index (χ1) is 35.6. The van der Waals surface area contributed by atoms with E-state index in [1.165, 1.54) is 18.4 Å². The lowest BCUT2D eigenvalue weighted by atomic mass is 9.97. The maximum atomic E-state index is 15.0. The van der Waals surface area contributed by atoms with Crippen molar-refractivity contribution in [2.24, 2.45) is 0 Å². The maximum absolute atomic E-state index is 15.0. The molecule has 2 unspecified atom stereocenters. The van der Waals surface area contributed by atoms with Gasteiger partial charge in [0.2, 0.25) is 11.1 Å². The number of hydrogen-bond donors (Lipinski definition) is 4. The van der Waals surface area contributed by atoms with Crippen molar-refractivity contribution in [2.75, 3.05) is 48.1 Å². The average Bonchev–Trinajstić information content (AvgIpc) is 3.86. The molecular weight excluding hydrogens is 993 g/mol. The number of carbonyl (C=O) groups excluding carboxylic acids is 4.